The Balaban J connectivity index is 1.46. The lowest BCUT2D eigenvalue weighted by molar-refractivity contribution is 0.0471. The molecule has 0 radical (unpaired) electrons. The first-order chi connectivity index (χ1) is 19.7. The Morgan fingerprint density at radius 2 is 0.800 bits per heavy atom. The lowest BCUT2D eigenvalue weighted by Gasteiger charge is -2.19. The quantitative estimate of drug-likeness (QED) is 0.154. The Morgan fingerprint density at radius 3 is 1.20 bits per heavy atom. The summed E-state index contributed by atoms with van der Waals surface area (Å²) in [6.07, 6.45) is 0. The summed E-state index contributed by atoms with van der Waals surface area (Å²) >= 11 is 0. The van der Waals surface area contributed by atoms with Gasteiger partial charge in [-0.3, -0.25) is 0 Å². The van der Waals surface area contributed by atoms with Gasteiger partial charge < -0.3 is 18.9 Å². The van der Waals surface area contributed by atoms with E-state index >= 15 is 0 Å². The van der Waals surface area contributed by atoms with Gasteiger partial charge >= 0.3 is 5.97 Å². The number of carbonyl (C=O) groups is 1. The second kappa shape index (κ2) is 13.7. The summed E-state index contributed by atoms with van der Waals surface area (Å²) < 4.78 is 24.4. The van der Waals surface area contributed by atoms with Crippen molar-refractivity contribution in [3.05, 3.63) is 161 Å². The van der Waals surface area contributed by atoms with Crippen molar-refractivity contribution in [3.8, 4) is 17.2 Å². The van der Waals surface area contributed by atoms with Crippen molar-refractivity contribution in [1.29, 1.82) is 0 Å². The minimum atomic E-state index is -0.479. The number of hydrogen-bond donors (Lipinski definition) is 0. The average molecular weight is 531 g/mol. The van der Waals surface area contributed by atoms with Crippen molar-refractivity contribution >= 4 is 5.97 Å². The molecule has 0 saturated carbocycles. The van der Waals surface area contributed by atoms with E-state index in [9.17, 15) is 4.79 Å². The number of carbonyl (C=O) groups excluding carboxylic acids is 1. The van der Waals surface area contributed by atoms with Crippen molar-refractivity contribution in [2.45, 2.75) is 26.4 Å². The summed E-state index contributed by atoms with van der Waals surface area (Å²) in [5.41, 5.74) is 4.19. The van der Waals surface area contributed by atoms with Gasteiger partial charge in [0.15, 0.2) is 11.5 Å². The van der Waals surface area contributed by atoms with Gasteiger partial charge in [0.05, 0.1) is 5.56 Å². The maximum absolute atomic E-state index is 13.2. The summed E-state index contributed by atoms with van der Waals surface area (Å²) in [5.74, 6) is 0.747. The summed E-state index contributed by atoms with van der Waals surface area (Å²) in [6, 6.07) is 42.4. The molecule has 5 nitrogen and oxygen atoms in total. The van der Waals surface area contributed by atoms with Crippen molar-refractivity contribution < 1.29 is 23.7 Å². The monoisotopic (exact) mass is 530 g/mol. The van der Waals surface area contributed by atoms with E-state index < -0.39 is 5.97 Å². The summed E-state index contributed by atoms with van der Waals surface area (Å²) in [4.78, 5) is 13.2. The van der Waals surface area contributed by atoms with Crippen LogP contribution in [0.2, 0.25) is 0 Å². The fraction of sp³-hybridized carbons (Fsp3) is 0.114. The number of ether oxygens (including phenoxy) is 4. The molecular weight excluding hydrogens is 500 g/mol. The Hall–Kier alpha value is -5.03. The van der Waals surface area contributed by atoms with E-state index in [4.69, 9.17) is 18.9 Å². The van der Waals surface area contributed by atoms with Crippen LogP contribution >= 0.6 is 0 Å². The van der Waals surface area contributed by atoms with Crippen LogP contribution in [-0.2, 0) is 31.2 Å². The largest absolute Gasteiger partial charge is 0.485 e. The molecule has 0 heterocycles. The Morgan fingerprint density at radius 1 is 0.450 bits per heavy atom. The molecule has 200 valence electrons. The van der Waals surface area contributed by atoms with E-state index in [1.807, 2.05) is 121 Å². The topological polar surface area (TPSA) is 54.0 Å². The second-order valence-corrected chi connectivity index (χ2v) is 9.19. The van der Waals surface area contributed by atoms with Gasteiger partial charge in [-0.05, 0) is 34.4 Å². The highest BCUT2D eigenvalue weighted by Crippen LogP contribution is 2.40. The highest BCUT2D eigenvalue weighted by molar-refractivity contribution is 5.91. The molecule has 0 aromatic heterocycles. The molecule has 40 heavy (non-hydrogen) atoms. The normalized spacial score (nSPS) is 10.5. The van der Waals surface area contributed by atoms with E-state index in [1.165, 1.54) is 0 Å². The predicted molar refractivity (Wildman–Crippen MR) is 154 cm³/mol. The SMILES string of the molecule is O=C(OCc1ccccc1)c1cc(OCc2ccccc2)c(OCc2ccccc2)c(OCc2ccccc2)c1. The number of hydrogen-bond acceptors (Lipinski definition) is 5. The minimum Gasteiger partial charge on any atom is -0.485 e. The molecular formula is C35H30O5. The van der Waals surface area contributed by atoms with Gasteiger partial charge in [0.2, 0.25) is 5.75 Å². The van der Waals surface area contributed by atoms with E-state index in [2.05, 4.69) is 0 Å². The van der Waals surface area contributed by atoms with Crippen LogP contribution in [-0.4, -0.2) is 5.97 Å². The van der Waals surface area contributed by atoms with Crippen LogP contribution in [0.25, 0.3) is 0 Å². The van der Waals surface area contributed by atoms with Gasteiger partial charge in [-0.15, -0.1) is 0 Å². The predicted octanol–water partition coefficient (Wildman–Crippen LogP) is 7.78. The molecule has 0 aliphatic heterocycles. The zero-order valence-corrected chi connectivity index (χ0v) is 22.1. The lowest BCUT2D eigenvalue weighted by Crippen LogP contribution is -2.09. The fourth-order valence-corrected chi connectivity index (χ4v) is 4.06. The van der Waals surface area contributed by atoms with Crippen molar-refractivity contribution in [2.24, 2.45) is 0 Å². The fourth-order valence-electron chi connectivity index (χ4n) is 4.06. The third-order valence-corrected chi connectivity index (χ3v) is 6.17. The standard InChI is InChI=1S/C35H30O5/c36-35(40-26-30-19-11-4-12-20-30)31-21-32(37-23-27-13-5-1-6-14-27)34(39-25-29-17-9-3-10-18-29)33(22-31)38-24-28-15-7-2-8-16-28/h1-22H,23-26H2. The van der Waals surface area contributed by atoms with Crippen LogP contribution in [0.5, 0.6) is 17.2 Å². The van der Waals surface area contributed by atoms with Crippen LogP contribution in [0.15, 0.2) is 133 Å². The molecule has 0 aliphatic carbocycles. The molecule has 0 amide bonds. The summed E-state index contributed by atoms with van der Waals surface area (Å²) in [7, 11) is 0. The zero-order valence-electron chi connectivity index (χ0n) is 22.1. The molecule has 0 aliphatic rings. The first kappa shape index (κ1) is 26.6. The molecule has 0 bridgehead atoms. The molecule has 5 aromatic rings. The van der Waals surface area contributed by atoms with Crippen molar-refractivity contribution in [1.82, 2.24) is 0 Å². The highest BCUT2D eigenvalue weighted by atomic mass is 16.5. The van der Waals surface area contributed by atoms with Crippen molar-refractivity contribution in [2.75, 3.05) is 0 Å². The first-order valence-corrected chi connectivity index (χ1v) is 13.1. The van der Waals surface area contributed by atoms with Crippen LogP contribution in [0.4, 0.5) is 0 Å². The summed E-state index contributed by atoms with van der Waals surface area (Å²) in [5, 5.41) is 0. The van der Waals surface area contributed by atoms with Crippen LogP contribution in [0.1, 0.15) is 32.6 Å². The molecule has 0 unspecified atom stereocenters. The molecule has 0 N–H and O–H groups in total. The Bertz CT molecular complexity index is 1420. The number of rotatable bonds is 12. The van der Waals surface area contributed by atoms with Crippen LogP contribution in [0.3, 0.4) is 0 Å². The summed E-state index contributed by atoms with van der Waals surface area (Å²) in [6.45, 7) is 1.06. The highest BCUT2D eigenvalue weighted by Gasteiger charge is 2.20. The van der Waals surface area contributed by atoms with Gasteiger partial charge in [-0.25, -0.2) is 4.79 Å². The smallest absolute Gasteiger partial charge is 0.338 e. The molecule has 5 aromatic carbocycles. The van der Waals surface area contributed by atoms with E-state index in [0.29, 0.717) is 42.6 Å². The zero-order chi connectivity index (χ0) is 27.4. The minimum absolute atomic E-state index is 0.159. The number of benzene rings is 5. The van der Waals surface area contributed by atoms with Gasteiger partial charge in [0.1, 0.15) is 26.4 Å². The van der Waals surface area contributed by atoms with Gasteiger partial charge in [-0.1, -0.05) is 121 Å². The van der Waals surface area contributed by atoms with Crippen LogP contribution in [0, 0.1) is 0 Å². The molecule has 5 rings (SSSR count). The average Bonchev–Trinajstić information content (AvgIpc) is 3.02. The van der Waals surface area contributed by atoms with Gasteiger partial charge in [0.25, 0.3) is 0 Å². The van der Waals surface area contributed by atoms with E-state index in [0.717, 1.165) is 22.3 Å². The van der Waals surface area contributed by atoms with Gasteiger partial charge in [-0.2, -0.15) is 0 Å². The molecule has 0 atom stereocenters. The third kappa shape index (κ3) is 7.51. The Kier molecular flexibility index (Phi) is 9.08. The molecule has 0 saturated heterocycles. The maximum atomic E-state index is 13.2. The van der Waals surface area contributed by atoms with Crippen molar-refractivity contribution in [3.63, 3.8) is 0 Å². The third-order valence-electron chi connectivity index (χ3n) is 6.17. The molecule has 5 heteroatoms. The first-order valence-electron chi connectivity index (χ1n) is 13.1. The number of esters is 1. The maximum Gasteiger partial charge on any atom is 0.338 e. The lowest BCUT2D eigenvalue weighted by atomic mass is 10.1. The van der Waals surface area contributed by atoms with Gasteiger partial charge in [0, 0.05) is 0 Å². The van der Waals surface area contributed by atoms with E-state index in [1.54, 1.807) is 12.1 Å². The second-order valence-electron chi connectivity index (χ2n) is 9.19. The molecule has 0 spiro atoms. The Labute approximate surface area is 234 Å². The van der Waals surface area contributed by atoms with Crippen LogP contribution < -0.4 is 14.2 Å². The molecule has 0 fully saturated rings. The van der Waals surface area contributed by atoms with E-state index in [-0.39, 0.29) is 6.61 Å².